The molecule has 1 aliphatic rings. The van der Waals surface area contributed by atoms with E-state index in [9.17, 15) is 4.79 Å². The van der Waals surface area contributed by atoms with Gasteiger partial charge in [0.1, 0.15) is 5.75 Å². The van der Waals surface area contributed by atoms with Crippen molar-refractivity contribution < 1.29 is 14.3 Å². The third kappa shape index (κ3) is 4.06. The first-order valence-corrected chi connectivity index (χ1v) is 8.03. The Labute approximate surface area is 141 Å². The monoisotopic (exact) mass is 345 g/mol. The molecule has 1 aliphatic heterocycles. The highest BCUT2D eigenvalue weighted by Crippen LogP contribution is 2.31. The third-order valence-electron chi connectivity index (χ3n) is 3.48. The predicted octanol–water partition coefficient (Wildman–Crippen LogP) is 3.79. The first kappa shape index (κ1) is 17.4. The van der Waals surface area contributed by atoms with E-state index in [1.54, 1.807) is 36.9 Å². The number of carbonyl (C=O) groups is 1. The Kier molecular flexibility index (Phi) is 5.25. The fraction of sp³-hybridized carbons (Fsp3) is 0.562. The van der Waals surface area contributed by atoms with Gasteiger partial charge in [-0.15, -0.1) is 0 Å². The van der Waals surface area contributed by atoms with Gasteiger partial charge < -0.3 is 14.4 Å². The smallest absolute Gasteiger partial charge is 0.266 e. The number of nitrogens with zero attached hydrogens (tertiary/aromatic N) is 1. The zero-order valence-electron chi connectivity index (χ0n) is 13.2. The van der Waals surface area contributed by atoms with E-state index >= 15 is 0 Å². The molecule has 6 heteroatoms. The summed E-state index contributed by atoms with van der Waals surface area (Å²) in [6.07, 6.45) is 0.0246. The molecule has 0 spiro atoms. The summed E-state index contributed by atoms with van der Waals surface area (Å²) in [5, 5.41) is 0.935. The molecule has 1 saturated heterocycles. The summed E-state index contributed by atoms with van der Waals surface area (Å²) in [4.78, 5) is 14.6. The molecule has 1 heterocycles. The summed E-state index contributed by atoms with van der Waals surface area (Å²) in [5.41, 5.74) is -1.04. The number of carbonyl (C=O) groups excluding carboxylic acids is 1. The molecule has 0 N–H and O–H groups in total. The molecular weight excluding hydrogens is 325 g/mol. The summed E-state index contributed by atoms with van der Waals surface area (Å²) in [7, 11) is 0. The van der Waals surface area contributed by atoms with Crippen molar-refractivity contribution in [2.24, 2.45) is 0 Å². The fourth-order valence-corrected chi connectivity index (χ4v) is 2.92. The van der Waals surface area contributed by atoms with Gasteiger partial charge in [0.2, 0.25) is 0 Å². The highest BCUT2D eigenvalue weighted by molar-refractivity contribution is 6.34. The van der Waals surface area contributed by atoms with Gasteiger partial charge in [-0.05, 0) is 39.8 Å². The van der Waals surface area contributed by atoms with Crippen LogP contribution in [0.4, 0.5) is 0 Å². The number of amides is 1. The number of benzene rings is 1. The summed E-state index contributed by atoms with van der Waals surface area (Å²) in [6, 6.07) is 4.94. The van der Waals surface area contributed by atoms with Crippen LogP contribution in [0.2, 0.25) is 10.0 Å². The second-order valence-corrected chi connectivity index (χ2v) is 7.00. The Hall–Kier alpha value is -0.970. The lowest BCUT2D eigenvalue weighted by atomic mass is 10.1. The summed E-state index contributed by atoms with van der Waals surface area (Å²) < 4.78 is 11.5. The Morgan fingerprint density at radius 2 is 1.86 bits per heavy atom. The number of hydrogen-bond donors (Lipinski definition) is 0. The maximum Gasteiger partial charge on any atom is 0.266 e. The Balaban J connectivity index is 2.15. The third-order valence-corrected chi connectivity index (χ3v) is 4.03. The van der Waals surface area contributed by atoms with E-state index in [2.05, 4.69) is 0 Å². The van der Waals surface area contributed by atoms with E-state index in [1.165, 1.54) is 0 Å². The molecule has 2 rings (SSSR count). The van der Waals surface area contributed by atoms with Crippen LogP contribution in [-0.2, 0) is 9.53 Å². The Morgan fingerprint density at radius 1 is 1.27 bits per heavy atom. The SMILES string of the molecule is CC1CN(C(=O)C(C)(C)Oc2cc(Cl)ccc2Cl)CC(C)O1. The zero-order chi connectivity index (χ0) is 16.5. The first-order valence-electron chi connectivity index (χ1n) is 7.28. The number of rotatable bonds is 3. The molecule has 1 fully saturated rings. The van der Waals surface area contributed by atoms with E-state index in [0.717, 1.165) is 0 Å². The van der Waals surface area contributed by atoms with E-state index in [-0.39, 0.29) is 18.1 Å². The second-order valence-electron chi connectivity index (χ2n) is 6.15. The van der Waals surface area contributed by atoms with Crippen molar-refractivity contribution in [3.8, 4) is 5.75 Å². The van der Waals surface area contributed by atoms with Crippen LogP contribution in [0.3, 0.4) is 0 Å². The van der Waals surface area contributed by atoms with Crippen LogP contribution in [0.5, 0.6) is 5.75 Å². The van der Waals surface area contributed by atoms with Crippen LogP contribution in [0.1, 0.15) is 27.7 Å². The predicted molar refractivity (Wildman–Crippen MR) is 87.8 cm³/mol. The van der Waals surface area contributed by atoms with Crippen LogP contribution in [0.25, 0.3) is 0 Å². The number of morpholine rings is 1. The van der Waals surface area contributed by atoms with E-state index in [1.807, 2.05) is 13.8 Å². The maximum absolute atomic E-state index is 12.8. The molecule has 0 bridgehead atoms. The Bertz CT molecular complexity index is 552. The van der Waals surface area contributed by atoms with Crippen LogP contribution >= 0.6 is 23.2 Å². The van der Waals surface area contributed by atoms with Gasteiger partial charge in [0.15, 0.2) is 5.60 Å². The lowest BCUT2D eigenvalue weighted by molar-refractivity contribution is -0.156. The number of halogens is 2. The van der Waals surface area contributed by atoms with Crippen LogP contribution in [-0.4, -0.2) is 41.7 Å². The van der Waals surface area contributed by atoms with Crippen molar-refractivity contribution in [2.45, 2.75) is 45.5 Å². The molecule has 4 nitrogen and oxygen atoms in total. The molecule has 1 aromatic rings. The van der Waals surface area contributed by atoms with Gasteiger partial charge in [0.25, 0.3) is 5.91 Å². The van der Waals surface area contributed by atoms with Crippen molar-refractivity contribution in [1.29, 1.82) is 0 Å². The van der Waals surface area contributed by atoms with Crippen molar-refractivity contribution >= 4 is 29.1 Å². The van der Waals surface area contributed by atoms with Gasteiger partial charge in [0.05, 0.1) is 17.2 Å². The second kappa shape index (κ2) is 6.65. The average molecular weight is 346 g/mol. The zero-order valence-corrected chi connectivity index (χ0v) is 14.7. The molecule has 122 valence electrons. The lowest BCUT2D eigenvalue weighted by Crippen LogP contribution is -2.55. The number of ether oxygens (including phenoxy) is 2. The fourth-order valence-electron chi connectivity index (χ4n) is 2.60. The lowest BCUT2D eigenvalue weighted by Gasteiger charge is -2.39. The van der Waals surface area contributed by atoms with Gasteiger partial charge in [0, 0.05) is 24.2 Å². The summed E-state index contributed by atoms with van der Waals surface area (Å²) in [5.74, 6) is 0.312. The maximum atomic E-state index is 12.8. The van der Waals surface area contributed by atoms with Crippen LogP contribution in [0, 0.1) is 0 Å². The van der Waals surface area contributed by atoms with Gasteiger partial charge in [-0.25, -0.2) is 0 Å². The molecule has 0 aromatic heterocycles. The first-order chi connectivity index (χ1) is 10.2. The highest BCUT2D eigenvalue weighted by Gasteiger charge is 2.37. The van der Waals surface area contributed by atoms with Gasteiger partial charge in [-0.2, -0.15) is 0 Å². The van der Waals surface area contributed by atoms with E-state index in [4.69, 9.17) is 32.7 Å². The van der Waals surface area contributed by atoms with Crippen molar-refractivity contribution in [2.75, 3.05) is 13.1 Å². The summed E-state index contributed by atoms with van der Waals surface area (Å²) >= 11 is 12.1. The molecule has 22 heavy (non-hydrogen) atoms. The van der Waals surface area contributed by atoms with Crippen LogP contribution < -0.4 is 4.74 Å². The largest absolute Gasteiger partial charge is 0.476 e. The minimum Gasteiger partial charge on any atom is -0.476 e. The molecule has 2 unspecified atom stereocenters. The number of hydrogen-bond acceptors (Lipinski definition) is 3. The molecule has 0 radical (unpaired) electrons. The quantitative estimate of drug-likeness (QED) is 0.836. The van der Waals surface area contributed by atoms with E-state index < -0.39 is 5.60 Å². The minimum absolute atomic E-state index is 0.0123. The van der Waals surface area contributed by atoms with Crippen LogP contribution in [0.15, 0.2) is 18.2 Å². The van der Waals surface area contributed by atoms with Crippen molar-refractivity contribution in [1.82, 2.24) is 4.90 Å². The molecule has 1 aromatic carbocycles. The van der Waals surface area contributed by atoms with Gasteiger partial charge in [-0.3, -0.25) is 4.79 Å². The van der Waals surface area contributed by atoms with Crippen molar-refractivity contribution in [3.05, 3.63) is 28.2 Å². The summed E-state index contributed by atoms with van der Waals surface area (Å²) in [6.45, 7) is 8.49. The van der Waals surface area contributed by atoms with E-state index in [0.29, 0.717) is 28.9 Å². The highest BCUT2D eigenvalue weighted by atomic mass is 35.5. The Morgan fingerprint density at radius 3 is 2.45 bits per heavy atom. The molecule has 2 atom stereocenters. The standard InChI is InChI=1S/C16H21Cl2NO3/c1-10-8-19(9-11(2)21-10)15(20)16(3,4)22-14-7-12(17)5-6-13(14)18/h5-7,10-11H,8-9H2,1-4H3. The van der Waals surface area contributed by atoms with Gasteiger partial charge >= 0.3 is 0 Å². The van der Waals surface area contributed by atoms with Gasteiger partial charge in [-0.1, -0.05) is 23.2 Å². The normalized spacial score (nSPS) is 22.5. The average Bonchev–Trinajstić information content (AvgIpc) is 2.40. The molecule has 0 saturated carbocycles. The molecule has 1 amide bonds. The topological polar surface area (TPSA) is 38.8 Å². The van der Waals surface area contributed by atoms with Crippen molar-refractivity contribution in [3.63, 3.8) is 0 Å². The minimum atomic E-state index is -1.04. The molecule has 0 aliphatic carbocycles. The molecular formula is C16H21Cl2NO3.